The average Bonchev–Trinajstić information content (AvgIpc) is 2.27. The fourth-order valence-corrected chi connectivity index (χ4v) is 2.86. The Morgan fingerprint density at radius 2 is 2.07 bits per heavy atom. The van der Waals surface area contributed by atoms with Crippen LogP contribution in [0.25, 0.3) is 0 Å². The first-order valence-electron chi connectivity index (χ1n) is 5.08. The second-order valence-corrected chi connectivity index (χ2v) is 5.09. The van der Waals surface area contributed by atoms with Crippen molar-refractivity contribution in [3.63, 3.8) is 0 Å². The van der Waals surface area contributed by atoms with Crippen LogP contribution >= 0.6 is 0 Å². The zero-order valence-electron chi connectivity index (χ0n) is 8.85. The number of hydrogen-bond acceptors (Lipinski definition) is 2. The Bertz CT molecular complexity index is 356. The maximum absolute atomic E-state index is 11.9. The lowest BCUT2D eigenvalue weighted by atomic mass is 10.1. The Hall–Kier alpha value is -1.14. The first kappa shape index (κ1) is 11.9. The topological polar surface area (TPSA) is 40.9 Å². The van der Waals surface area contributed by atoms with Crippen molar-refractivity contribution >= 4 is 10.8 Å². The molecule has 0 heterocycles. The molecule has 0 amide bonds. The van der Waals surface area contributed by atoms with Crippen LogP contribution in [0.3, 0.4) is 0 Å². The van der Waals surface area contributed by atoms with Crippen LogP contribution in [0.5, 0.6) is 0 Å². The Morgan fingerprint density at radius 3 is 2.60 bits per heavy atom. The third kappa shape index (κ3) is 3.49. The van der Waals surface area contributed by atoms with Gasteiger partial charge in [-0.1, -0.05) is 37.3 Å². The normalized spacial score (nSPS) is 14.1. The van der Waals surface area contributed by atoms with Crippen molar-refractivity contribution in [2.24, 2.45) is 0 Å². The van der Waals surface area contributed by atoms with Crippen LogP contribution in [-0.2, 0) is 10.8 Å². The molecule has 1 aromatic carbocycles. The summed E-state index contributed by atoms with van der Waals surface area (Å²) >= 11 is 0. The van der Waals surface area contributed by atoms with E-state index in [2.05, 4.69) is 6.07 Å². The van der Waals surface area contributed by atoms with Gasteiger partial charge in [0.15, 0.2) is 0 Å². The zero-order chi connectivity index (χ0) is 11.1. The third-order valence-corrected chi connectivity index (χ3v) is 4.05. The Balaban J connectivity index is 2.84. The van der Waals surface area contributed by atoms with Crippen LogP contribution in [0.4, 0.5) is 0 Å². The minimum absolute atomic E-state index is 0.129. The van der Waals surface area contributed by atoms with Crippen molar-refractivity contribution in [3.05, 3.63) is 35.9 Å². The van der Waals surface area contributed by atoms with E-state index in [0.717, 1.165) is 12.0 Å². The third-order valence-electron chi connectivity index (χ3n) is 2.17. The van der Waals surface area contributed by atoms with Crippen molar-refractivity contribution in [2.45, 2.75) is 25.0 Å². The maximum atomic E-state index is 11.9. The Morgan fingerprint density at radius 1 is 1.40 bits per heavy atom. The molecule has 0 N–H and O–H groups in total. The average molecular weight is 221 g/mol. The minimum Gasteiger partial charge on any atom is -0.259 e. The smallest absolute Gasteiger partial charge is 0.0726 e. The van der Waals surface area contributed by atoms with Gasteiger partial charge in [0.1, 0.15) is 0 Å². The van der Waals surface area contributed by atoms with Gasteiger partial charge < -0.3 is 0 Å². The van der Waals surface area contributed by atoms with Crippen LogP contribution in [0, 0.1) is 11.3 Å². The lowest BCUT2D eigenvalue weighted by Gasteiger charge is -2.12. The largest absolute Gasteiger partial charge is 0.259 e. The molecule has 15 heavy (non-hydrogen) atoms. The molecule has 0 spiro atoms. The summed E-state index contributed by atoms with van der Waals surface area (Å²) in [6, 6.07) is 11.8. The molecule has 3 heteroatoms. The van der Waals surface area contributed by atoms with E-state index < -0.39 is 10.8 Å². The molecule has 2 unspecified atom stereocenters. The highest BCUT2D eigenvalue weighted by Crippen LogP contribution is 2.23. The molecule has 0 aliphatic carbocycles. The van der Waals surface area contributed by atoms with E-state index in [9.17, 15) is 4.21 Å². The fraction of sp³-hybridized carbons (Fsp3) is 0.417. The summed E-state index contributed by atoms with van der Waals surface area (Å²) in [4.78, 5) is 0. The molecule has 2 nitrogen and oxygen atoms in total. The quantitative estimate of drug-likeness (QED) is 0.767. The first-order valence-corrected chi connectivity index (χ1v) is 6.47. The summed E-state index contributed by atoms with van der Waals surface area (Å²) < 4.78 is 11.9. The van der Waals surface area contributed by atoms with Gasteiger partial charge in [0.05, 0.1) is 17.7 Å². The lowest BCUT2D eigenvalue weighted by molar-refractivity contribution is 0.671. The molecule has 0 aliphatic heterocycles. The second kappa shape index (κ2) is 6.36. The molecule has 0 aromatic heterocycles. The van der Waals surface area contributed by atoms with Gasteiger partial charge >= 0.3 is 0 Å². The van der Waals surface area contributed by atoms with E-state index in [1.807, 2.05) is 37.3 Å². The monoisotopic (exact) mass is 221 g/mol. The molecule has 0 bridgehead atoms. The molecule has 0 fully saturated rings. The highest BCUT2D eigenvalue weighted by atomic mass is 32.2. The predicted octanol–water partition coefficient (Wildman–Crippen LogP) is 2.80. The van der Waals surface area contributed by atoms with Gasteiger partial charge in [-0.3, -0.25) is 4.21 Å². The van der Waals surface area contributed by atoms with Crippen LogP contribution in [0.1, 0.15) is 30.6 Å². The molecular formula is C12H15NOS. The van der Waals surface area contributed by atoms with Crippen molar-refractivity contribution in [1.29, 1.82) is 5.26 Å². The highest BCUT2D eigenvalue weighted by molar-refractivity contribution is 7.85. The van der Waals surface area contributed by atoms with Gasteiger partial charge in [0.2, 0.25) is 0 Å². The number of nitrogens with zero attached hydrogens (tertiary/aromatic N) is 1. The molecule has 2 atom stereocenters. The SMILES string of the molecule is CCCS(=O)C(CC#N)c1ccccc1. The van der Waals surface area contributed by atoms with E-state index in [-0.39, 0.29) is 5.25 Å². The van der Waals surface area contributed by atoms with Crippen LogP contribution in [-0.4, -0.2) is 9.96 Å². The maximum Gasteiger partial charge on any atom is 0.0726 e. The van der Waals surface area contributed by atoms with E-state index in [1.54, 1.807) is 0 Å². The van der Waals surface area contributed by atoms with Gasteiger partial charge in [-0.25, -0.2) is 0 Å². The number of nitriles is 1. The summed E-state index contributed by atoms with van der Waals surface area (Å²) in [5.74, 6) is 0.668. The molecule has 80 valence electrons. The summed E-state index contributed by atoms with van der Waals surface area (Å²) in [5.41, 5.74) is 1.01. The molecule has 0 radical (unpaired) electrons. The van der Waals surface area contributed by atoms with Crippen LogP contribution in [0.2, 0.25) is 0 Å². The van der Waals surface area contributed by atoms with Gasteiger partial charge in [0.25, 0.3) is 0 Å². The van der Waals surface area contributed by atoms with Gasteiger partial charge in [-0.2, -0.15) is 5.26 Å². The molecular weight excluding hydrogens is 206 g/mol. The second-order valence-electron chi connectivity index (χ2n) is 3.35. The van der Waals surface area contributed by atoms with E-state index >= 15 is 0 Å². The summed E-state index contributed by atoms with van der Waals surface area (Å²) in [5, 5.41) is 8.60. The Kier molecular flexibility index (Phi) is 5.06. The van der Waals surface area contributed by atoms with E-state index in [0.29, 0.717) is 12.2 Å². The summed E-state index contributed by atoms with van der Waals surface area (Å²) in [6.07, 6.45) is 1.22. The number of hydrogen-bond donors (Lipinski definition) is 0. The molecule has 0 saturated heterocycles. The van der Waals surface area contributed by atoms with E-state index in [1.165, 1.54) is 0 Å². The molecule has 0 aliphatic rings. The highest BCUT2D eigenvalue weighted by Gasteiger charge is 2.17. The molecule has 1 aromatic rings. The number of rotatable bonds is 5. The van der Waals surface area contributed by atoms with Crippen molar-refractivity contribution in [2.75, 3.05) is 5.75 Å². The fourth-order valence-electron chi connectivity index (χ4n) is 1.46. The van der Waals surface area contributed by atoms with Crippen LogP contribution < -0.4 is 0 Å². The van der Waals surface area contributed by atoms with E-state index in [4.69, 9.17) is 5.26 Å². The van der Waals surface area contributed by atoms with Gasteiger partial charge in [0, 0.05) is 16.6 Å². The summed E-state index contributed by atoms with van der Waals surface area (Å²) in [7, 11) is -0.931. The standard InChI is InChI=1S/C12H15NOS/c1-2-10-15(14)12(8-9-13)11-6-4-3-5-7-11/h3-7,12H,2,8,10H2,1H3. The van der Waals surface area contributed by atoms with Crippen LogP contribution in [0.15, 0.2) is 30.3 Å². The first-order chi connectivity index (χ1) is 7.29. The predicted molar refractivity (Wildman–Crippen MR) is 62.7 cm³/mol. The molecule has 0 saturated carbocycles. The van der Waals surface area contributed by atoms with Crippen molar-refractivity contribution in [3.8, 4) is 6.07 Å². The minimum atomic E-state index is -0.931. The Labute approximate surface area is 93.4 Å². The van der Waals surface area contributed by atoms with Crippen molar-refractivity contribution in [1.82, 2.24) is 0 Å². The van der Waals surface area contributed by atoms with Crippen molar-refractivity contribution < 1.29 is 4.21 Å². The van der Waals surface area contributed by atoms with Gasteiger partial charge in [-0.05, 0) is 12.0 Å². The van der Waals surface area contributed by atoms with Gasteiger partial charge in [-0.15, -0.1) is 0 Å². The number of benzene rings is 1. The summed E-state index contributed by atoms with van der Waals surface area (Å²) in [6.45, 7) is 2.01. The lowest BCUT2D eigenvalue weighted by Crippen LogP contribution is -2.09. The molecule has 1 rings (SSSR count). The zero-order valence-corrected chi connectivity index (χ0v) is 9.67.